The van der Waals surface area contributed by atoms with Gasteiger partial charge in [0.1, 0.15) is 17.4 Å². The Labute approximate surface area is 112 Å². The maximum atomic E-state index is 13.5. The van der Waals surface area contributed by atoms with Crippen molar-refractivity contribution in [3.8, 4) is 17.0 Å². The van der Waals surface area contributed by atoms with Crippen LogP contribution in [0.25, 0.3) is 11.3 Å². The van der Waals surface area contributed by atoms with E-state index in [4.69, 9.17) is 4.74 Å². The Balaban J connectivity index is 2.64. The van der Waals surface area contributed by atoms with E-state index >= 15 is 0 Å². The zero-order valence-corrected chi connectivity index (χ0v) is 11.6. The molecule has 1 aromatic carbocycles. The average Bonchev–Trinajstić information content (AvgIpc) is 2.67. The smallest absolute Gasteiger partial charge is 0.128 e. The second kappa shape index (κ2) is 5.40. The number of rotatable bonds is 4. The summed E-state index contributed by atoms with van der Waals surface area (Å²) in [4.78, 5) is 4.53. The Kier molecular flexibility index (Phi) is 3.85. The van der Waals surface area contributed by atoms with Crippen LogP contribution in [0.3, 0.4) is 0 Å². The van der Waals surface area contributed by atoms with Crippen LogP contribution in [0.15, 0.2) is 18.2 Å². The van der Waals surface area contributed by atoms with Crippen molar-refractivity contribution in [2.45, 2.75) is 13.5 Å². The summed E-state index contributed by atoms with van der Waals surface area (Å²) < 4.78 is 20.8. The molecule has 0 atom stereocenters. The number of aromatic nitrogens is 2. The van der Waals surface area contributed by atoms with Crippen molar-refractivity contribution in [3.05, 3.63) is 35.5 Å². The molecule has 1 aromatic heterocycles. The summed E-state index contributed by atoms with van der Waals surface area (Å²) >= 11 is 0. The quantitative estimate of drug-likeness (QED) is 0.919. The summed E-state index contributed by atoms with van der Waals surface area (Å²) in [5.41, 5.74) is 2.44. The summed E-state index contributed by atoms with van der Waals surface area (Å²) in [6, 6.07) is 4.47. The first-order valence-corrected chi connectivity index (χ1v) is 6.09. The number of hydrogen-bond acceptors (Lipinski definition) is 3. The van der Waals surface area contributed by atoms with Crippen LogP contribution in [-0.4, -0.2) is 23.7 Å². The first kappa shape index (κ1) is 13.5. The lowest BCUT2D eigenvalue weighted by atomic mass is 10.1. The molecule has 0 amide bonds. The van der Waals surface area contributed by atoms with Crippen molar-refractivity contribution in [1.82, 2.24) is 14.9 Å². The van der Waals surface area contributed by atoms with E-state index in [1.165, 1.54) is 12.1 Å². The Hall–Kier alpha value is -1.88. The Morgan fingerprint density at radius 3 is 2.79 bits per heavy atom. The van der Waals surface area contributed by atoms with Crippen molar-refractivity contribution in [2.75, 3.05) is 14.2 Å². The highest BCUT2D eigenvalue weighted by Gasteiger charge is 2.17. The van der Waals surface area contributed by atoms with E-state index in [1.54, 1.807) is 13.2 Å². The van der Waals surface area contributed by atoms with Gasteiger partial charge in [-0.25, -0.2) is 9.37 Å². The maximum absolute atomic E-state index is 13.5. The van der Waals surface area contributed by atoms with Gasteiger partial charge in [0.2, 0.25) is 0 Å². The molecule has 2 aromatic rings. The molecule has 0 spiro atoms. The molecule has 4 nitrogen and oxygen atoms in total. The van der Waals surface area contributed by atoms with Crippen molar-refractivity contribution in [3.63, 3.8) is 0 Å². The summed E-state index contributed by atoms with van der Waals surface area (Å²) in [5.74, 6) is 1.21. The highest BCUT2D eigenvalue weighted by atomic mass is 19.1. The number of nitrogens with one attached hydrogen (secondary N) is 1. The van der Waals surface area contributed by atoms with Crippen LogP contribution >= 0.6 is 0 Å². The molecule has 5 heteroatoms. The fourth-order valence-corrected chi connectivity index (χ4v) is 2.11. The number of benzene rings is 1. The summed E-state index contributed by atoms with van der Waals surface area (Å²) in [5, 5.41) is 3.11. The number of ether oxygens (including phenoxy) is 1. The highest BCUT2D eigenvalue weighted by molar-refractivity contribution is 5.69. The molecular weight excluding hydrogens is 245 g/mol. The van der Waals surface area contributed by atoms with Gasteiger partial charge < -0.3 is 14.6 Å². The van der Waals surface area contributed by atoms with Gasteiger partial charge >= 0.3 is 0 Å². The van der Waals surface area contributed by atoms with Gasteiger partial charge in [-0.05, 0) is 32.2 Å². The topological polar surface area (TPSA) is 39.1 Å². The van der Waals surface area contributed by atoms with E-state index in [0.29, 0.717) is 17.9 Å². The van der Waals surface area contributed by atoms with Gasteiger partial charge in [0.05, 0.1) is 18.5 Å². The van der Waals surface area contributed by atoms with Gasteiger partial charge in [-0.1, -0.05) is 0 Å². The van der Waals surface area contributed by atoms with Crippen molar-refractivity contribution >= 4 is 0 Å². The lowest BCUT2D eigenvalue weighted by Gasteiger charge is -2.09. The zero-order chi connectivity index (χ0) is 14.0. The largest absolute Gasteiger partial charge is 0.496 e. The lowest BCUT2D eigenvalue weighted by molar-refractivity contribution is 0.415. The van der Waals surface area contributed by atoms with Gasteiger partial charge in [0, 0.05) is 19.2 Å². The molecule has 2 rings (SSSR count). The third kappa shape index (κ3) is 2.46. The van der Waals surface area contributed by atoms with E-state index < -0.39 is 0 Å². The standard InChI is InChI=1S/C14H18FN3O/c1-9-17-14(12(8-16-2)18(9)3)11-7-10(15)5-6-13(11)19-4/h5-7,16H,8H2,1-4H3. The van der Waals surface area contributed by atoms with Gasteiger partial charge in [-0.3, -0.25) is 0 Å². The minimum atomic E-state index is -0.297. The molecule has 0 aliphatic heterocycles. The number of halogens is 1. The molecule has 102 valence electrons. The fourth-order valence-electron chi connectivity index (χ4n) is 2.11. The molecule has 0 bridgehead atoms. The third-order valence-electron chi connectivity index (χ3n) is 3.20. The lowest BCUT2D eigenvalue weighted by Crippen LogP contribution is -2.10. The molecular formula is C14H18FN3O. The monoisotopic (exact) mass is 263 g/mol. The van der Waals surface area contributed by atoms with E-state index in [1.807, 2.05) is 25.6 Å². The number of methoxy groups -OCH3 is 1. The van der Waals surface area contributed by atoms with Crippen molar-refractivity contribution < 1.29 is 9.13 Å². The highest BCUT2D eigenvalue weighted by Crippen LogP contribution is 2.32. The molecule has 0 unspecified atom stereocenters. The zero-order valence-electron chi connectivity index (χ0n) is 11.6. The summed E-state index contributed by atoms with van der Waals surface area (Å²) in [6.45, 7) is 2.58. The Bertz CT molecular complexity index is 593. The van der Waals surface area contributed by atoms with E-state index in [9.17, 15) is 4.39 Å². The van der Waals surface area contributed by atoms with Gasteiger partial charge in [-0.2, -0.15) is 0 Å². The molecule has 0 aliphatic carbocycles. The van der Waals surface area contributed by atoms with Crippen LogP contribution in [-0.2, 0) is 13.6 Å². The van der Waals surface area contributed by atoms with E-state index in [2.05, 4.69) is 10.3 Å². The molecule has 0 aliphatic rings. The third-order valence-corrected chi connectivity index (χ3v) is 3.20. The van der Waals surface area contributed by atoms with E-state index in [0.717, 1.165) is 17.2 Å². The number of imidazole rings is 1. The fraction of sp³-hybridized carbons (Fsp3) is 0.357. The minimum Gasteiger partial charge on any atom is -0.496 e. The maximum Gasteiger partial charge on any atom is 0.128 e. The van der Waals surface area contributed by atoms with Crippen LogP contribution in [0.4, 0.5) is 4.39 Å². The predicted molar refractivity (Wildman–Crippen MR) is 72.7 cm³/mol. The summed E-state index contributed by atoms with van der Waals surface area (Å²) in [6.07, 6.45) is 0. The molecule has 0 saturated heterocycles. The average molecular weight is 263 g/mol. The van der Waals surface area contributed by atoms with Gasteiger partial charge in [0.25, 0.3) is 0 Å². The van der Waals surface area contributed by atoms with Crippen LogP contribution < -0.4 is 10.1 Å². The van der Waals surface area contributed by atoms with Crippen molar-refractivity contribution in [1.29, 1.82) is 0 Å². The number of nitrogens with zero attached hydrogens (tertiary/aromatic N) is 2. The van der Waals surface area contributed by atoms with Gasteiger partial charge in [0.15, 0.2) is 0 Å². The van der Waals surface area contributed by atoms with Crippen LogP contribution in [0.2, 0.25) is 0 Å². The molecule has 0 saturated carbocycles. The summed E-state index contributed by atoms with van der Waals surface area (Å²) in [7, 11) is 5.39. The second-order valence-electron chi connectivity index (χ2n) is 4.39. The first-order valence-electron chi connectivity index (χ1n) is 6.09. The van der Waals surface area contributed by atoms with Crippen molar-refractivity contribution in [2.24, 2.45) is 7.05 Å². The molecule has 0 fully saturated rings. The van der Waals surface area contributed by atoms with Gasteiger partial charge in [-0.15, -0.1) is 0 Å². The molecule has 19 heavy (non-hydrogen) atoms. The molecule has 0 radical (unpaired) electrons. The van der Waals surface area contributed by atoms with Crippen LogP contribution in [0.1, 0.15) is 11.5 Å². The van der Waals surface area contributed by atoms with E-state index in [-0.39, 0.29) is 5.82 Å². The Morgan fingerprint density at radius 2 is 2.16 bits per heavy atom. The number of hydrogen-bond donors (Lipinski definition) is 1. The molecule has 1 heterocycles. The van der Waals surface area contributed by atoms with Crippen LogP contribution in [0, 0.1) is 12.7 Å². The molecule has 1 N–H and O–H groups in total. The minimum absolute atomic E-state index is 0.297. The number of aryl methyl sites for hydroxylation is 1. The SMILES string of the molecule is CNCc1c(-c2cc(F)ccc2OC)nc(C)n1C. The normalized spacial score (nSPS) is 10.8. The van der Waals surface area contributed by atoms with Crippen LogP contribution in [0.5, 0.6) is 5.75 Å². The first-order chi connectivity index (χ1) is 9.08. The Morgan fingerprint density at radius 1 is 1.42 bits per heavy atom. The second-order valence-corrected chi connectivity index (χ2v) is 4.39. The predicted octanol–water partition coefficient (Wildman–Crippen LogP) is 2.26.